The average Bonchev–Trinajstić information content (AvgIpc) is 2.20. The van der Waals surface area contributed by atoms with Gasteiger partial charge in [-0.15, -0.1) is 0 Å². The standard InChI is InChI=1S/C15H26O/c1-10-6-7-12-14(3,4)9-8-13(16)15(12,5)11(10)2/h8,10-12,16H,6-7,9H2,1-5H3/t10-,11-,12-,15+/m0/s1. The van der Waals surface area contributed by atoms with Crippen molar-refractivity contribution in [3.05, 3.63) is 11.8 Å². The normalized spacial score (nSPS) is 47.1. The molecule has 0 aromatic rings. The lowest BCUT2D eigenvalue weighted by Crippen LogP contribution is -2.50. The largest absolute Gasteiger partial charge is 0.512 e. The minimum absolute atomic E-state index is 0.0133. The van der Waals surface area contributed by atoms with E-state index in [9.17, 15) is 5.11 Å². The molecule has 4 atom stereocenters. The maximum atomic E-state index is 10.3. The van der Waals surface area contributed by atoms with E-state index in [1.54, 1.807) is 0 Å². The Labute approximate surface area is 99.9 Å². The van der Waals surface area contributed by atoms with Crippen LogP contribution in [0.15, 0.2) is 11.8 Å². The number of aliphatic hydroxyl groups excluding tert-OH is 1. The second-order valence-corrected chi connectivity index (χ2v) is 6.96. The number of hydrogen-bond acceptors (Lipinski definition) is 1. The first-order chi connectivity index (χ1) is 7.30. The van der Waals surface area contributed by atoms with Crippen LogP contribution >= 0.6 is 0 Å². The molecule has 0 heterocycles. The highest BCUT2D eigenvalue weighted by molar-refractivity contribution is 5.19. The van der Waals surface area contributed by atoms with Crippen LogP contribution in [-0.4, -0.2) is 5.11 Å². The summed E-state index contributed by atoms with van der Waals surface area (Å²) in [6.45, 7) is 11.7. The third kappa shape index (κ3) is 1.43. The van der Waals surface area contributed by atoms with Gasteiger partial charge >= 0.3 is 0 Å². The summed E-state index contributed by atoms with van der Waals surface area (Å²) >= 11 is 0. The Bertz CT molecular complexity index is 315. The summed E-state index contributed by atoms with van der Waals surface area (Å²) in [7, 11) is 0. The molecular formula is C15H26O. The highest BCUT2D eigenvalue weighted by atomic mass is 16.3. The van der Waals surface area contributed by atoms with Gasteiger partial charge in [0.25, 0.3) is 0 Å². The fourth-order valence-electron chi connectivity index (χ4n) is 4.22. The molecule has 0 radical (unpaired) electrons. The molecule has 0 aromatic heterocycles. The monoisotopic (exact) mass is 222 g/mol. The second kappa shape index (κ2) is 3.51. The molecule has 92 valence electrons. The van der Waals surface area contributed by atoms with Crippen LogP contribution in [0.25, 0.3) is 0 Å². The van der Waals surface area contributed by atoms with Gasteiger partial charge in [-0.2, -0.15) is 0 Å². The molecule has 1 heteroatoms. The molecule has 1 nitrogen and oxygen atoms in total. The molecule has 0 spiro atoms. The summed E-state index contributed by atoms with van der Waals surface area (Å²) in [5, 5.41) is 10.3. The molecule has 0 aromatic carbocycles. The zero-order valence-electron chi connectivity index (χ0n) is 11.4. The van der Waals surface area contributed by atoms with Crippen molar-refractivity contribution < 1.29 is 5.11 Å². The number of rotatable bonds is 0. The molecule has 2 rings (SSSR count). The second-order valence-electron chi connectivity index (χ2n) is 6.96. The van der Waals surface area contributed by atoms with E-state index in [0.29, 0.717) is 23.0 Å². The Morgan fingerprint density at radius 3 is 2.44 bits per heavy atom. The SMILES string of the molecule is C[C@H]1CC[C@H]2C(C)(C)CC=C(O)[C@]2(C)[C@H]1C. The fourth-order valence-corrected chi connectivity index (χ4v) is 4.22. The van der Waals surface area contributed by atoms with Crippen LogP contribution in [0.2, 0.25) is 0 Å². The van der Waals surface area contributed by atoms with Crippen LogP contribution in [0.3, 0.4) is 0 Å². The van der Waals surface area contributed by atoms with Crippen LogP contribution < -0.4 is 0 Å². The summed E-state index contributed by atoms with van der Waals surface area (Å²) in [6, 6.07) is 0. The van der Waals surface area contributed by atoms with Crippen LogP contribution in [0.5, 0.6) is 0 Å². The van der Waals surface area contributed by atoms with Gasteiger partial charge in [-0.1, -0.05) is 41.0 Å². The maximum absolute atomic E-state index is 10.3. The van der Waals surface area contributed by atoms with Crippen molar-refractivity contribution in [2.45, 2.75) is 53.9 Å². The Morgan fingerprint density at radius 1 is 1.19 bits per heavy atom. The fraction of sp³-hybridized carbons (Fsp3) is 0.867. The third-order valence-corrected chi connectivity index (χ3v) is 5.75. The minimum Gasteiger partial charge on any atom is -0.512 e. The van der Waals surface area contributed by atoms with Gasteiger partial charge in [-0.05, 0) is 42.1 Å². The van der Waals surface area contributed by atoms with Gasteiger partial charge in [0.1, 0.15) is 0 Å². The van der Waals surface area contributed by atoms with Crippen LogP contribution in [0.1, 0.15) is 53.9 Å². The number of aliphatic hydroxyl groups is 1. The topological polar surface area (TPSA) is 20.2 Å². The molecule has 0 aliphatic heterocycles. The molecule has 1 fully saturated rings. The molecule has 2 aliphatic rings. The van der Waals surface area contributed by atoms with Crippen molar-refractivity contribution in [1.29, 1.82) is 0 Å². The van der Waals surface area contributed by atoms with Crippen molar-refractivity contribution in [3.8, 4) is 0 Å². The van der Waals surface area contributed by atoms with E-state index in [-0.39, 0.29) is 5.41 Å². The van der Waals surface area contributed by atoms with E-state index in [0.717, 1.165) is 12.3 Å². The molecule has 1 saturated carbocycles. The Morgan fingerprint density at radius 2 is 1.81 bits per heavy atom. The van der Waals surface area contributed by atoms with Crippen LogP contribution in [0, 0.1) is 28.6 Å². The van der Waals surface area contributed by atoms with Gasteiger partial charge in [-0.3, -0.25) is 0 Å². The number of fused-ring (bicyclic) bond motifs is 1. The van der Waals surface area contributed by atoms with Gasteiger partial charge in [0.15, 0.2) is 0 Å². The quantitative estimate of drug-likeness (QED) is 0.637. The smallest absolute Gasteiger partial charge is 0.0947 e. The molecule has 0 saturated heterocycles. The number of hydrogen-bond donors (Lipinski definition) is 1. The minimum atomic E-state index is 0.0133. The van der Waals surface area contributed by atoms with E-state index in [1.807, 2.05) is 0 Å². The van der Waals surface area contributed by atoms with Crippen molar-refractivity contribution in [2.75, 3.05) is 0 Å². The molecule has 0 bridgehead atoms. The molecule has 1 N–H and O–H groups in total. The summed E-state index contributed by atoms with van der Waals surface area (Å²) < 4.78 is 0. The number of allylic oxidation sites excluding steroid dienone is 2. The molecule has 2 aliphatic carbocycles. The predicted molar refractivity (Wildman–Crippen MR) is 68.3 cm³/mol. The van der Waals surface area contributed by atoms with E-state index in [1.165, 1.54) is 12.8 Å². The van der Waals surface area contributed by atoms with Crippen molar-refractivity contribution in [3.63, 3.8) is 0 Å². The summed E-state index contributed by atoms with van der Waals surface area (Å²) in [5.74, 6) is 2.61. The molecule has 0 amide bonds. The van der Waals surface area contributed by atoms with Gasteiger partial charge in [-0.25, -0.2) is 0 Å². The summed E-state index contributed by atoms with van der Waals surface area (Å²) in [5.41, 5.74) is 0.356. The molecule has 0 unspecified atom stereocenters. The van der Waals surface area contributed by atoms with Crippen molar-refractivity contribution in [2.24, 2.45) is 28.6 Å². The summed E-state index contributed by atoms with van der Waals surface area (Å²) in [4.78, 5) is 0. The third-order valence-electron chi connectivity index (χ3n) is 5.75. The average molecular weight is 222 g/mol. The van der Waals surface area contributed by atoms with E-state index >= 15 is 0 Å². The highest BCUT2D eigenvalue weighted by Crippen LogP contribution is 2.60. The van der Waals surface area contributed by atoms with Gasteiger partial charge in [0, 0.05) is 5.41 Å². The lowest BCUT2D eigenvalue weighted by molar-refractivity contribution is -0.0593. The molecular weight excluding hydrogens is 196 g/mol. The first-order valence-corrected chi connectivity index (χ1v) is 6.69. The maximum Gasteiger partial charge on any atom is 0.0947 e. The first kappa shape index (κ1) is 12.0. The van der Waals surface area contributed by atoms with Crippen molar-refractivity contribution in [1.82, 2.24) is 0 Å². The Balaban J connectivity index is 2.46. The zero-order valence-corrected chi connectivity index (χ0v) is 11.4. The van der Waals surface area contributed by atoms with Crippen LogP contribution in [-0.2, 0) is 0 Å². The van der Waals surface area contributed by atoms with Gasteiger partial charge in [0.05, 0.1) is 5.76 Å². The Hall–Kier alpha value is -0.460. The van der Waals surface area contributed by atoms with Gasteiger partial charge < -0.3 is 5.11 Å². The lowest BCUT2D eigenvalue weighted by atomic mass is 9.48. The highest BCUT2D eigenvalue weighted by Gasteiger charge is 2.54. The lowest BCUT2D eigenvalue weighted by Gasteiger charge is -2.56. The van der Waals surface area contributed by atoms with E-state index in [2.05, 4.69) is 40.7 Å². The van der Waals surface area contributed by atoms with E-state index in [4.69, 9.17) is 0 Å². The Kier molecular flexibility index (Phi) is 2.64. The van der Waals surface area contributed by atoms with Crippen molar-refractivity contribution >= 4 is 0 Å². The van der Waals surface area contributed by atoms with E-state index < -0.39 is 0 Å². The predicted octanol–water partition coefficient (Wildman–Crippen LogP) is 4.55. The molecule has 16 heavy (non-hydrogen) atoms. The van der Waals surface area contributed by atoms with Crippen LogP contribution in [0.4, 0.5) is 0 Å². The first-order valence-electron chi connectivity index (χ1n) is 6.69. The summed E-state index contributed by atoms with van der Waals surface area (Å²) in [6.07, 6.45) is 5.69. The van der Waals surface area contributed by atoms with Gasteiger partial charge in [0.2, 0.25) is 0 Å². The zero-order chi connectivity index (χ0) is 12.1.